The van der Waals surface area contributed by atoms with Crippen LogP contribution in [0, 0.1) is 11.3 Å². The van der Waals surface area contributed by atoms with Crippen molar-refractivity contribution in [3.63, 3.8) is 0 Å². The van der Waals surface area contributed by atoms with Gasteiger partial charge in [-0.3, -0.25) is 9.67 Å². The number of rotatable bonds is 6. The summed E-state index contributed by atoms with van der Waals surface area (Å²) in [5.41, 5.74) is 3.15. The molecule has 0 radical (unpaired) electrons. The molecule has 2 atom stereocenters. The van der Waals surface area contributed by atoms with Crippen molar-refractivity contribution in [3.8, 4) is 17.3 Å². The fourth-order valence-corrected chi connectivity index (χ4v) is 4.15. The highest BCUT2D eigenvalue weighted by atomic mass is 32.2. The standard InChI is InChI=1S/C20H19N7OS/c1-13(2)29(28)16-7-14(8-22-10-16)18(3-5-21)27-11-15(9-26-27)19-17-4-6-23-20(17)25-12-24-19/h4,6-13,18H,3H2,1-2H3,(H,23,24,25). The van der Waals surface area contributed by atoms with Gasteiger partial charge >= 0.3 is 0 Å². The van der Waals surface area contributed by atoms with Crippen molar-refractivity contribution in [1.82, 2.24) is 29.7 Å². The first-order valence-corrected chi connectivity index (χ1v) is 10.3. The van der Waals surface area contributed by atoms with Crippen molar-refractivity contribution in [2.24, 2.45) is 0 Å². The molecule has 0 amide bonds. The quantitative estimate of drug-likeness (QED) is 0.492. The SMILES string of the molecule is CC(C)[S+]([O-])c1cncc(C(CC#N)n2cc(-c3ncnc4[nH]ccc34)cn2)c1. The Labute approximate surface area is 170 Å². The molecule has 29 heavy (non-hydrogen) atoms. The number of pyridine rings is 1. The molecule has 0 spiro atoms. The number of nitrogens with zero attached hydrogens (tertiary/aromatic N) is 6. The number of fused-ring (bicyclic) bond motifs is 1. The van der Waals surface area contributed by atoms with E-state index in [2.05, 4.69) is 31.1 Å². The van der Waals surface area contributed by atoms with Crippen LogP contribution in [0.4, 0.5) is 0 Å². The normalized spacial score (nSPS) is 13.5. The average Bonchev–Trinajstić information content (AvgIpc) is 3.40. The third-order valence-corrected chi connectivity index (χ3v) is 6.16. The Morgan fingerprint density at radius 1 is 1.28 bits per heavy atom. The fourth-order valence-electron chi connectivity index (χ4n) is 3.18. The summed E-state index contributed by atoms with van der Waals surface area (Å²) in [7, 11) is 0. The Morgan fingerprint density at radius 2 is 2.14 bits per heavy atom. The van der Waals surface area contributed by atoms with Gasteiger partial charge in [-0.25, -0.2) is 9.97 Å². The molecular weight excluding hydrogens is 386 g/mol. The van der Waals surface area contributed by atoms with Crippen molar-refractivity contribution in [2.75, 3.05) is 0 Å². The van der Waals surface area contributed by atoms with E-state index in [1.165, 1.54) is 6.33 Å². The summed E-state index contributed by atoms with van der Waals surface area (Å²) in [4.78, 5) is 16.6. The third-order valence-electron chi connectivity index (χ3n) is 4.61. The van der Waals surface area contributed by atoms with Gasteiger partial charge in [0.25, 0.3) is 0 Å². The van der Waals surface area contributed by atoms with Gasteiger partial charge in [-0.15, -0.1) is 0 Å². The van der Waals surface area contributed by atoms with Crippen molar-refractivity contribution in [1.29, 1.82) is 5.26 Å². The lowest BCUT2D eigenvalue weighted by atomic mass is 10.1. The molecule has 0 saturated carbocycles. The van der Waals surface area contributed by atoms with Gasteiger partial charge in [0.2, 0.25) is 0 Å². The van der Waals surface area contributed by atoms with Crippen LogP contribution in [0.15, 0.2) is 54.3 Å². The maximum Gasteiger partial charge on any atom is 0.171 e. The maximum atomic E-state index is 12.5. The summed E-state index contributed by atoms with van der Waals surface area (Å²) in [5.74, 6) is 0. The first-order chi connectivity index (χ1) is 14.1. The first kappa shape index (κ1) is 19.1. The maximum absolute atomic E-state index is 12.5. The van der Waals surface area contributed by atoms with E-state index in [0.717, 1.165) is 27.9 Å². The van der Waals surface area contributed by atoms with Crippen LogP contribution < -0.4 is 0 Å². The Kier molecular flexibility index (Phi) is 5.29. The minimum atomic E-state index is -1.15. The summed E-state index contributed by atoms with van der Waals surface area (Å²) in [6.45, 7) is 3.80. The zero-order valence-corrected chi connectivity index (χ0v) is 16.8. The highest BCUT2D eigenvalue weighted by Crippen LogP contribution is 2.28. The molecule has 1 N–H and O–H groups in total. The number of H-pyrrole nitrogens is 1. The summed E-state index contributed by atoms with van der Waals surface area (Å²) in [5, 5.41) is 14.7. The Balaban J connectivity index is 1.72. The molecule has 0 fully saturated rings. The van der Waals surface area contributed by atoms with E-state index in [4.69, 9.17) is 0 Å². The van der Waals surface area contributed by atoms with Gasteiger partial charge in [0, 0.05) is 41.2 Å². The zero-order chi connectivity index (χ0) is 20.4. The Hall–Kier alpha value is -3.22. The highest BCUT2D eigenvalue weighted by molar-refractivity contribution is 7.92. The number of nitrogens with one attached hydrogen (secondary N) is 1. The van der Waals surface area contributed by atoms with E-state index >= 15 is 0 Å². The van der Waals surface area contributed by atoms with E-state index in [-0.39, 0.29) is 17.7 Å². The molecule has 146 valence electrons. The Bertz CT molecular complexity index is 1180. The molecule has 0 aliphatic heterocycles. The molecule has 4 aromatic heterocycles. The number of nitriles is 1. The van der Waals surface area contributed by atoms with Gasteiger partial charge in [0.05, 0.1) is 36.6 Å². The number of hydrogen-bond acceptors (Lipinski definition) is 6. The third kappa shape index (κ3) is 3.72. The summed E-state index contributed by atoms with van der Waals surface area (Å²) < 4.78 is 14.2. The molecule has 4 aromatic rings. The van der Waals surface area contributed by atoms with Crippen LogP contribution in [0.25, 0.3) is 22.3 Å². The van der Waals surface area contributed by atoms with Crippen molar-refractivity contribution in [2.45, 2.75) is 36.5 Å². The van der Waals surface area contributed by atoms with Gasteiger partial charge < -0.3 is 9.54 Å². The van der Waals surface area contributed by atoms with Crippen LogP contribution in [0.3, 0.4) is 0 Å². The minimum Gasteiger partial charge on any atom is -0.611 e. The van der Waals surface area contributed by atoms with Crippen LogP contribution in [-0.4, -0.2) is 39.5 Å². The Morgan fingerprint density at radius 3 is 2.93 bits per heavy atom. The average molecular weight is 405 g/mol. The molecule has 0 saturated heterocycles. The second kappa shape index (κ2) is 8.03. The number of aromatic nitrogens is 6. The minimum absolute atomic E-state index is 0.0145. The van der Waals surface area contributed by atoms with Crippen LogP contribution in [0.2, 0.25) is 0 Å². The molecule has 8 nitrogen and oxygen atoms in total. The van der Waals surface area contributed by atoms with Gasteiger partial charge in [0.15, 0.2) is 4.90 Å². The van der Waals surface area contributed by atoms with E-state index in [9.17, 15) is 9.81 Å². The second-order valence-electron chi connectivity index (χ2n) is 6.85. The molecule has 4 rings (SSSR count). The smallest absolute Gasteiger partial charge is 0.171 e. The molecule has 9 heteroatoms. The fraction of sp³-hybridized carbons (Fsp3) is 0.250. The molecular formula is C20H19N7OS. The second-order valence-corrected chi connectivity index (χ2v) is 8.86. The highest BCUT2D eigenvalue weighted by Gasteiger charge is 2.21. The molecule has 4 heterocycles. The van der Waals surface area contributed by atoms with Gasteiger partial charge in [0.1, 0.15) is 17.2 Å². The summed E-state index contributed by atoms with van der Waals surface area (Å²) in [6, 6.07) is 5.65. The molecule has 0 aliphatic rings. The van der Waals surface area contributed by atoms with E-state index in [1.807, 2.05) is 38.4 Å². The zero-order valence-electron chi connectivity index (χ0n) is 16.0. The lowest BCUT2D eigenvalue weighted by Crippen LogP contribution is -2.16. The first-order valence-electron chi connectivity index (χ1n) is 9.13. The monoisotopic (exact) mass is 405 g/mol. The number of aromatic amines is 1. The molecule has 0 bridgehead atoms. The summed E-state index contributed by atoms with van der Waals surface area (Å²) >= 11 is -1.15. The number of hydrogen-bond donors (Lipinski definition) is 1. The van der Waals surface area contributed by atoms with Gasteiger partial charge in [-0.1, -0.05) is 0 Å². The summed E-state index contributed by atoms with van der Waals surface area (Å²) in [6.07, 6.45) is 10.4. The predicted molar refractivity (Wildman–Crippen MR) is 109 cm³/mol. The van der Waals surface area contributed by atoms with Crippen LogP contribution >= 0.6 is 0 Å². The molecule has 0 aliphatic carbocycles. The van der Waals surface area contributed by atoms with Gasteiger partial charge in [-0.05, 0) is 31.1 Å². The van der Waals surface area contributed by atoms with Crippen LogP contribution in [0.1, 0.15) is 31.9 Å². The topological polar surface area (TPSA) is 119 Å². The molecule has 0 aromatic carbocycles. The van der Waals surface area contributed by atoms with Crippen LogP contribution in [0.5, 0.6) is 0 Å². The van der Waals surface area contributed by atoms with E-state index < -0.39 is 11.2 Å². The predicted octanol–water partition coefficient (Wildman–Crippen LogP) is 3.24. The van der Waals surface area contributed by atoms with Gasteiger partial charge in [-0.2, -0.15) is 10.4 Å². The van der Waals surface area contributed by atoms with Crippen molar-refractivity contribution < 1.29 is 4.55 Å². The lowest BCUT2D eigenvalue weighted by Gasteiger charge is -2.17. The largest absolute Gasteiger partial charge is 0.611 e. The molecule has 2 unspecified atom stereocenters. The lowest BCUT2D eigenvalue weighted by molar-refractivity contribution is 0.529. The van der Waals surface area contributed by atoms with Crippen LogP contribution in [-0.2, 0) is 11.2 Å². The van der Waals surface area contributed by atoms with E-state index in [0.29, 0.717) is 4.90 Å². The van der Waals surface area contributed by atoms with Crippen molar-refractivity contribution in [3.05, 3.63) is 55.0 Å². The van der Waals surface area contributed by atoms with Crippen molar-refractivity contribution >= 4 is 22.2 Å². The van der Waals surface area contributed by atoms with E-state index in [1.54, 1.807) is 23.3 Å².